The second-order valence-corrected chi connectivity index (χ2v) is 7.81. The minimum Gasteiger partial charge on any atom is -0.312 e. The van der Waals surface area contributed by atoms with Gasteiger partial charge in [-0.15, -0.1) is 11.3 Å². The molecule has 0 saturated heterocycles. The highest BCUT2D eigenvalue weighted by atomic mass is 35.5. The molecule has 2 aliphatic heterocycles. The Morgan fingerprint density at radius 1 is 1.12 bits per heavy atom. The summed E-state index contributed by atoms with van der Waals surface area (Å²) in [5.41, 5.74) is 6.69. The smallest absolute Gasteiger partial charge is 0.231 e. The minimum absolute atomic E-state index is 0.228. The maximum Gasteiger partial charge on any atom is 0.231 e. The van der Waals surface area contributed by atoms with E-state index >= 15 is 0 Å². The molecule has 1 amide bonds. The zero-order valence-corrected chi connectivity index (χ0v) is 15.0. The highest BCUT2D eigenvalue weighted by molar-refractivity contribution is 7.13. The van der Waals surface area contributed by atoms with Gasteiger partial charge in [0.1, 0.15) is 5.01 Å². The monoisotopic (exact) mass is 366 g/mol. The molecule has 0 aliphatic carbocycles. The SMILES string of the molecule is O=C1Cc2cc(-c3csc(-c4cccc(Cl)c4)n3)cc3c2N1CCC3. The van der Waals surface area contributed by atoms with Crippen LogP contribution in [0.3, 0.4) is 0 Å². The number of carbonyl (C=O) groups is 1. The summed E-state index contributed by atoms with van der Waals surface area (Å²) in [7, 11) is 0. The lowest BCUT2D eigenvalue weighted by molar-refractivity contribution is -0.117. The predicted octanol–water partition coefficient (Wildman–Crippen LogP) is 4.97. The van der Waals surface area contributed by atoms with Crippen LogP contribution >= 0.6 is 22.9 Å². The molecule has 0 atom stereocenters. The van der Waals surface area contributed by atoms with Crippen LogP contribution in [0.15, 0.2) is 41.8 Å². The number of halogens is 1. The first-order chi connectivity index (χ1) is 12.2. The van der Waals surface area contributed by atoms with Crippen molar-refractivity contribution in [2.24, 2.45) is 0 Å². The molecule has 3 nitrogen and oxygen atoms in total. The quantitative estimate of drug-likeness (QED) is 0.641. The van der Waals surface area contributed by atoms with Crippen molar-refractivity contribution in [2.45, 2.75) is 19.3 Å². The third-order valence-electron chi connectivity index (χ3n) is 4.88. The van der Waals surface area contributed by atoms with E-state index in [0.717, 1.165) is 57.5 Å². The molecule has 25 heavy (non-hydrogen) atoms. The fourth-order valence-electron chi connectivity index (χ4n) is 3.79. The van der Waals surface area contributed by atoms with E-state index in [4.69, 9.17) is 16.6 Å². The number of amides is 1. The van der Waals surface area contributed by atoms with Crippen LogP contribution in [0.5, 0.6) is 0 Å². The molecular weight excluding hydrogens is 352 g/mol. The number of hydrogen-bond donors (Lipinski definition) is 0. The van der Waals surface area contributed by atoms with Gasteiger partial charge in [-0.25, -0.2) is 4.98 Å². The van der Waals surface area contributed by atoms with Crippen molar-refractivity contribution >= 4 is 34.5 Å². The van der Waals surface area contributed by atoms with Gasteiger partial charge < -0.3 is 4.90 Å². The van der Waals surface area contributed by atoms with E-state index in [1.54, 1.807) is 11.3 Å². The topological polar surface area (TPSA) is 33.2 Å². The van der Waals surface area contributed by atoms with Crippen LogP contribution in [0.2, 0.25) is 5.02 Å². The Morgan fingerprint density at radius 3 is 2.88 bits per heavy atom. The van der Waals surface area contributed by atoms with Crippen molar-refractivity contribution in [3.63, 3.8) is 0 Å². The maximum atomic E-state index is 12.2. The first-order valence-corrected chi connectivity index (χ1v) is 9.63. The molecule has 0 fully saturated rings. The molecule has 124 valence electrons. The van der Waals surface area contributed by atoms with Gasteiger partial charge in [0, 0.05) is 28.1 Å². The van der Waals surface area contributed by atoms with Crippen LogP contribution in [0, 0.1) is 0 Å². The second kappa shape index (κ2) is 5.68. The van der Waals surface area contributed by atoms with Crippen molar-refractivity contribution in [3.05, 3.63) is 57.9 Å². The molecule has 1 aromatic heterocycles. The second-order valence-electron chi connectivity index (χ2n) is 6.52. The van der Waals surface area contributed by atoms with Gasteiger partial charge in [0.15, 0.2) is 0 Å². The third-order valence-corrected chi connectivity index (χ3v) is 6.01. The standard InChI is InChI=1S/C20H15ClN2OS/c21-16-5-1-3-13(9-16)20-22-17(11-25-20)14-7-12-4-2-6-23-18(24)10-15(8-14)19(12)23/h1,3,5,7-9,11H,2,4,6,10H2. The highest BCUT2D eigenvalue weighted by Crippen LogP contribution is 2.40. The summed E-state index contributed by atoms with van der Waals surface area (Å²) in [4.78, 5) is 19.0. The average Bonchev–Trinajstić information content (AvgIpc) is 3.22. The molecule has 0 unspecified atom stereocenters. The zero-order valence-electron chi connectivity index (χ0n) is 13.5. The molecule has 0 N–H and O–H groups in total. The number of aromatic nitrogens is 1. The van der Waals surface area contributed by atoms with Crippen LogP contribution in [0.4, 0.5) is 5.69 Å². The van der Waals surface area contributed by atoms with Gasteiger partial charge in [-0.05, 0) is 48.2 Å². The van der Waals surface area contributed by atoms with Gasteiger partial charge in [0.2, 0.25) is 5.91 Å². The number of thiazole rings is 1. The number of aryl methyl sites for hydroxylation is 1. The largest absolute Gasteiger partial charge is 0.312 e. The van der Waals surface area contributed by atoms with Crippen molar-refractivity contribution in [2.75, 3.05) is 11.4 Å². The van der Waals surface area contributed by atoms with Gasteiger partial charge in [-0.1, -0.05) is 23.7 Å². The maximum absolute atomic E-state index is 12.2. The third kappa shape index (κ3) is 2.48. The molecule has 0 spiro atoms. The summed E-state index contributed by atoms with van der Waals surface area (Å²) in [5.74, 6) is 0.228. The lowest BCUT2D eigenvalue weighted by Crippen LogP contribution is -2.31. The van der Waals surface area contributed by atoms with E-state index < -0.39 is 0 Å². The van der Waals surface area contributed by atoms with Gasteiger partial charge in [-0.3, -0.25) is 4.79 Å². The van der Waals surface area contributed by atoms with E-state index in [-0.39, 0.29) is 5.91 Å². The summed E-state index contributed by atoms with van der Waals surface area (Å²) >= 11 is 7.72. The number of anilines is 1. The van der Waals surface area contributed by atoms with Crippen molar-refractivity contribution in [3.8, 4) is 21.8 Å². The molecule has 0 bridgehead atoms. The van der Waals surface area contributed by atoms with Gasteiger partial charge >= 0.3 is 0 Å². The van der Waals surface area contributed by atoms with E-state index in [0.29, 0.717) is 6.42 Å². The van der Waals surface area contributed by atoms with Gasteiger partial charge in [0.05, 0.1) is 17.8 Å². The molecule has 3 aromatic rings. The first-order valence-electron chi connectivity index (χ1n) is 8.37. The molecule has 5 rings (SSSR count). The van der Waals surface area contributed by atoms with E-state index in [1.807, 2.05) is 29.2 Å². The Balaban J connectivity index is 1.57. The molecule has 2 aliphatic rings. The Morgan fingerprint density at radius 2 is 2.00 bits per heavy atom. The summed E-state index contributed by atoms with van der Waals surface area (Å²) < 4.78 is 0. The Labute approximate surface area is 154 Å². The summed E-state index contributed by atoms with van der Waals surface area (Å²) in [6, 6.07) is 12.1. The first kappa shape index (κ1) is 15.1. The van der Waals surface area contributed by atoms with Crippen LogP contribution in [-0.2, 0) is 17.6 Å². The van der Waals surface area contributed by atoms with Gasteiger partial charge in [0.25, 0.3) is 0 Å². The number of carbonyl (C=O) groups excluding carboxylic acids is 1. The fraction of sp³-hybridized carbons (Fsp3) is 0.200. The molecule has 3 heterocycles. The van der Waals surface area contributed by atoms with Crippen molar-refractivity contribution < 1.29 is 4.79 Å². The van der Waals surface area contributed by atoms with Crippen LogP contribution < -0.4 is 4.90 Å². The molecule has 2 aromatic carbocycles. The summed E-state index contributed by atoms with van der Waals surface area (Å²) in [6.45, 7) is 0.855. The highest BCUT2D eigenvalue weighted by Gasteiger charge is 2.32. The van der Waals surface area contributed by atoms with E-state index in [1.165, 1.54) is 5.56 Å². The van der Waals surface area contributed by atoms with Gasteiger partial charge in [-0.2, -0.15) is 0 Å². The zero-order chi connectivity index (χ0) is 17.0. The van der Waals surface area contributed by atoms with Crippen molar-refractivity contribution in [1.29, 1.82) is 0 Å². The average molecular weight is 367 g/mol. The van der Waals surface area contributed by atoms with Crippen molar-refractivity contribution in [1.82, 2.24) is 4.98 Å². The number of rotatable bonds is 2. The molecular formula is C20H15ClN2OS. The molecule has 5 heteroatoms. The minimum atomic E-state index is 0.228. The fourth-order valence-corrected chi connectivity index (χ4v) is 4.80. The van der Waals surface area contributed by atoms with E-state index in [9.17, 15) is 4.79 Å². The Kier molecular flexibility index (Phi) is 3.43. The van der Waals surface area contributed by atoms with E-state index in [2.05, 4.69) is 17.5 Å². The Hall–Kier alpha value is -2.17. The summed E-state index contributed by atoms with van der Waals surface area (Å²) in [5, 5.41) is 3.77. The normalized spacial score (nSPS) is 15.6. The molecule has 0 saturated carbocycles. The van der Waals surface area contributed by atoms with Crippen LogP contribution in [0.25, 0.3) is 21.8 Å². The number of benzene rings is 2. The number of nitrogens with zero attached hydrogens (tertiary/aromatic N) is 2. The van der Waals surface area contributed by atoms with Crippen LogP contribution in [0.1, 0.15) is 17.5 Å². The van der Waals surface area contributed by atoms with Crippen LogP contribution in [-0.4, -0.2) is 17.4 Å². The lowest BCUT2D eigenvalue weighted by atomic mass is 9.96. The molecule has 0 radical (unpaired) electrons. The number of hydrogen-bond acceptors (Lipinski definition) is 3. The summed E-state index contributed by atoms with van der Waals surface area (Å²) in [6.07, 6.45) is 2.58. The Bertz CT molecular complexity index is 1010. The lowest BCUT2D eigenvalue weighted by Gasteiger charge is -2.25. The predicted molar refractivity (Wildman–Crippen MR) is 102 cm³/mol.